The quantitative estimate of drug-likeness (QED) is 0.670. The summed E-state index contributed by atoms with van der Waals surface area (Å²) in [6.45, 7) is 0. The zero-order valence-electron chi connectivity index (χ0n) is 10.2. The highest BCUT2D eigenvalue weighted by Gasteiger charge is 2.06. The number of benzene rings is 1. The van der Waals surface area contributed by atoms with Gasteiger partial charge in [-0.3, -0.25) is 0 Å². The molecule has 0 saturated carbocycles. The van der Waals surface area contributed by atoms with Crippen LogP contribution in [0, 0.1) is 0 Å². The Morgan fingerprint density at radius 3 is 2.63 bits per heavy atom. The van der Waals surface area contributed by atoms with Crippen molar-refractivity contribution < 1.29 is 4.52 Å². The van der Waals surface area contributed by atoms with Gasteiger partial charge in [-0.1, -0.05) is 53.3 Å². The molecular weight excluding hydrogens is 256 g/mol. The number of hydrogen-bond donors (Lipinski definition) is 0. The minimum atomic E-state index is 0.733. The summed E-state index contributed by atoms with van der Waals surface area (Å²) in [5.41, 5.74) is 1.94. The Labute approximate surface area is 115 Å². The Balaban J connectivity index is 1.69. The van der Waals surface area contributed by atoms with E-state index in [1.54, 1.807) is 18.0 Å². The van der Waals surface area contributed by atoms with E-state index < -0.39 is 0 Å². The Morgan fingerprint density at radius 1 is 1.00 bits per heavy atom. The highest BCUT2D eigenvalue weighted by molar-refractivity contribution is 7.98. The average molecular weight is 268 g/mol. The molecule has 1 aromatic carbocycles. The number of hydrogen-bond acceptors (Lipinski definition) is 4. The van der Waals surface area contributed by atoms with Gasteiger partial charge in [0.2, 0.25) is 0 Å². The molecule has 0 fully saturated rings. The molecule has 0 N–H and O–H groups in total. The van der Waals surface area contributed by atoms with Crippen LogP contribution in [0.2, 0.25) is 0 Å². The largest absolute Gasteiger partial charge is 0.360 e. The molecule has 0 aliphatic rings. The first-order valence-corrected chi connectivity index (χ1v) is 6.95. The topological polar surface area (TPSA) is 38.9 Å². The Bertz CT molecular complexity index is 638. The van der Waals surface area contributed by atoms with Crippen molar-refractivity contribution >= 4 is 11.8 Å². The van der Waals surface area contributed by atoms with Crippen molar-refractivity contribution in [3.63, 3.8) is 0 Å². The van der Waals surface area contributed by atoms with Crippen LogP contribution in [0.25, 0.3) is 11.3 Å². The van der Waals surface area contributed by atoms with Crippen molar-refractivity contribution in [3.05, 3.63) is 66.6 Å². The van der Waals surface area contributed by atoms with E-state index in [9.17, 15) is 0 Å². The van der Waals surface area contributed by atoms with Crippen molar-refractivity contribution in [2.45, 2.75) is 10.8 Å². The average Bonchev–Trinajstić information content (AvgIpc) is 2.96. The van der Waals surface area contributed by atoms with Gasteiger partial charge in [0.05, 0.1) is 10.8 Å². The van der Waals surface area contributed by atoms with E-state index in [1.807, 2.05) is 54.6 Å². The highest BCUT2D eigenvalue weighted by Crippen LogP contribution is 2.24. The molecule has 0 aliphatic heterocycles. The summed E-state index contributed by atoms with van der Waals surface area (Å²) >= 11 is 1.64. The van der Waals surface area contributed by atoms with Gasteiger partial charge in [-0.25, -0.2) is 4.98 Å². The van der Waals surface area contributed by atoms with E-state index in [1.165, 1.54) is 0 Å². The van der Waals surface area contributed by atoms with Gasteiger partial charge in [-0.15, -0.1) is 0 Å². The molecule has 0 atom stereocenters. The maximum absolute atomic E-state index is 5.34. The fourth-order valence-electron chi connectivity index (χ4n) is 1.70. The second-order valence-electron chi connectivity index (χ2n) is 4.00. The molecule has 0 saturated heterocycles. The van der Waals surface area contributed by atoms with Crippen molar-refractivity contribution in [1.29, 1.82) is 0 Å². The zero-order chi connectivity index (χ0) is 12.9. The van der Waals surface area contributed by atoms with Crippen LogP contribution in [0.15, 0.2) is 70.3 Å². The molecule has 0 amide bonds. The summed E-state index contributed by atoms with van der Waals surface area (Å²) in [6, 6.07) is 17.9. The van der Waals surface area contributed by atoms with Gasteiger partial charge < -0.3 is 4.52 Å². The van der Waals surface area contributed by atoms with Crippen LogP contribution in [-0.2, 0) is 5.75 Å². The molecule has 0 spiro atoms. The Hall–Kier alpha value is -2.07. The molecule has 3 aromatic rings. The maximum atomic E-state index is 5.34. The van der Waals surface area contributed by atoms with Gasteiger partial charge in [-0.05, 0) is 12.1 Å². The lowest BCUT2D eigenvalue weighted by atomic mass is 10.1. The van der Waals surface area contributed by atoms with Gasteiger partial charge in [0.15, 0.2) is 0 Å². The Morgan fingerprint density at radius 2 is 1.84 bits per heavy atom. The normalized spacial score (nSPS) is 10.5. The molecule has 3 rings (SSSR count). The summed E-state index contributed by atoms with van der Waals surface area (Å²) in [4.78, 5) is 4.26. The molecule has 0 radical (unpaired) electrons. The van der Waals surface area contributed by atoms with Crippen LogP contribution in [0.4, 0.5) is 0 Å². The third kappa shape index (κ3) is 3.03. The van der Waals surface area contributed by atoms with Gasteiger partial charge in [0, 0.05) is 17.8 Å². The molecule has 19 heavy (non-hydrogen) atoms. The van der Waals surface area contributed by atoms with Gasteiger partial charge in [0.1, 0.15) is 11.5 Å². The summed E-state index contributed by atoms with van der Waals surface area (Å²) < 4.78 is 5.34. The van der Waals surface area contributed by atoms with Crippen LogP contribution in [0.1, 0.15) is 5.76 Å². The van der Waals surface area contributed by atoms with Crippen molar-refractivity contribution in [3.8, 4) is 11.3 Å². The molecule has 0 bridgehead atoms. The van der Waals surface area contributed by atoms with E-state index in [-0.39, 0.29) is 0 Å². The molecule has 3 nitrogen and oxygen atoms in total. The fourth-order valence-corrected chi connectivity index (χ4v) is 2.44. The van der Waals surface area contributed by atoms with E-state index in [4.69, 9.17) is 4.52 Å². The van der Waals surface area contributed by atoms with Gasteiger partial charge in [0.25, 0.3) is 0 Å². The molecule has 0 aliphatic carbocycles. The molecule has 4 heteroatoms. The lowest BCUT2D eigenvalue weighted by Gasteiger charge is -1.95. The maximum Gasteiger partial charge on any atom is 0.147 e. The van der Waals surface area contributed by atoms with Crippen molar-refractivity contribution in [2.24, 2.45) is 0 Å². The molecule has 94 valence electrons. The first-order valence-electron chi connectivity index (χ1n) is 5.97. The number of pyridine rings is 1. The summed E-state index contributed by atoms with van der Waals surface area (Å²) in [6.07, 6.45) is 1.79. The number of nitrogens with zero attached hydrogens (tertiary/aromatic N) is 2. The van der Waals surface area contributed by atoms with E-state index in [2.05, 4.69) is 10.1 Å². The van der Waals surface area contributed by atoms with E-state index in [0.717, 1.165) is 27.8 Å². The first-order chi connectivity index (χ1) is 9.42. The molecular formula is C15H12N2OS. The second kappa shape index (κ2) is 5.71. The third-order valence-corrected chi connectivity index (χ3v) is 3.59. The van der Waals surface area contributed by atoms with Crippen LogP contribution < -0.4 is 0 Å². The zero-order valence-corrected chi connectivity index (χ0v) is 11.0. The van der Waals surface area contributed by atoms with E-state index in [0.29, 0.717) is 0 Å². The lowest BCUT2D eigenvalue weighted by molar-refractivity contribution is 0.397. The van der Waals surface area contributed by atoms with Gasteiger partial charge >= 0.3 is 0 Å². The molecule has 2 aromatic heterocycles. The standard InChI is InChI=1S/C15H12N2OS/c1-2-6-12(7-3-1)14-10-13(18-17-14)11-19-15-8-4-5-9-16-15/h1-10H,11H2. The fraction of sp³-hybridized carbons (Fsp3) is 0.0667. The molecule has 2 heterocycles. The number of rotatable bonds is 4. The minimum absolute atomic E-state index is 0.733. The second-order valence-corrected chi connectivity index (χ2v) is 5.00. The first kappa shape index (κ1) is 12.0. The minimum Gasteiger partial charge on any atom is -0.360 e. The smallest absolute Gasteiger partial charge is 0.147 e. The Kier molecular flexibility index (Phi) is 3.61. The highest BCUT2D eigenvalue weighted by atomic mass is 32.2. The third-order valence-electron chi connectivity index (χ3n) is 2.63. The van der Waals surface area contributed by atoms with Crippen LogP contribution in [0.3, 0.4) is 0 Å². The SMILES string of the molecule is c1ccc(-c2cc(CSc3ccccn3)on2)cc1. The summed E-state index contributed by atoms with van der Waals surface area (Å²) in [5, 5.41) is 5.08. The monoisotopic (exact) mass is 268 g/mol. The predicted molar refractivity (Wildman–Crippen MR) is 75.7 cm³/mol. The van der Waals surface area contributed by atoms with Crippen molar-refractivity contribution in [2.75, 3.05) is 0 Å². The summed E-state index contributed by atoms with van der Waals surface area (Å²) in [5.74, 6) is 1.59. The van der Waals surface area contributed by atoms with Crippen LogP contribution in [-0.4, -0.2) is 10.1 Å². The van der Waals surface area contributed by atoms with E-state index >= 15 is 0 Å². The lowest BCUT2D eigenvalue weighted by Crippen LogP contribution is -1.79. The molecule has 0 unspecified atom stereocenters. The van der Waals surface area contributed by atoms with Crippen LogP contribution in [0.5, 0.6) is 0 Å². The predicted octanol–water partition coefficient (Wildman–Crippen LogP) is 4.03. The van der Waals surface area contributed by atoms with Crippen LogP contribution >= 0.6 is 11.8 Å². The van der Waals surface area contributed by atoms with Gasteiger partial charge in [-0.2, -0.15) is 0 Å². The number of thioether (sulfide) groups is 1. The number of aromatic nitrogens is 2. The summed E-state index contributed by atoms with van der Waals surface area (Å²) in [7, 11) is 0. The van der Waals surface area contributed by atoms with Crippen molar-refractivity contribution in [1.82, 2.24) is 10.1 Å².